The van der Waals surface area contributed by atoms with Crippen LogP contribution in [0.15, 0.2) is 18.5 Å². The number of nitrogens with zero attached hydrogens (tertiary/aromatic N) is 3. The van der Waals surface area contributed by atoms with Crippen LogP contribution in [-0.4, -0.2) is 14.5 Å². The van der Waals surface area contributed by atoms with Crippen molar-refractivity contribution in [3.8, 4) is 6.01 Å². The van der Waals surface area contributed by atoms with Crippen LogP contribution < -0.4 is 5.11 Å². The second-order valence-electron chi connectivity index (χ2n) is 2.50. The van der Waals surface area contributed by atoms with Crippen LogP contribution in [0.25, 0.3) is 11.0 Å². The van der Waals surface area contributed by atoms with Crippen molar-refractivity contribution in [3.05, 3.63) is 18.5 Å². The molecule has 0 bridgehead atoms. The number of hydrogen-bond donors (Lipinski definition) is 0. The predicted octanol–water partition coefficient (Wildman–Crippen LogP) is 0.525. The summed E-state index contributed by atoms with van der Waals surface area (Å²) in [7, 11) is 0. The van der Waals surface area contributed by atoms with E-state index in [-0.39, 0.29) is 6.01 Å². The zero-order valence-electron chi connectivity index (χ0n) is 6.69. The number of pyridine rings is 1. The van der Waals surface area contributed by atoms with Crippen LogP contribution in [0.1, 0.15) is 6.92 Å². The highest BCUT2D eigenvalue weighted by Gasteiger charge is 2.00. The summed E-state index contributed by atoms with van der Waals surface area (Å²) >= 11 is 0. The lowest BCUT2D eigenvalue weighted by Gasteiger charge is -2.06. The second-order valence-corrected chi connectivity index (χ2v) is 2.50. The molecule has 0 radical (unpaired) electrons. The molecule has 0 saturated carbocycles. The highest BCUT2D eigenvalue weighted by atomic mass is 16.3. The van der Waals surface area contributed by atoms with Crippen molar-refractivity contribution in [2.45, 2.75) is 13.5 Å². The molecule has 0 aliphatic carbocycles. The Balaban J connectivity index is 2.81. The molecule has 0 aliphatic rings. The molecule has 2 aromatic rings. The smallest absolute Gasteiger partial charge is 0.0908 e. The molecule has 2 rings (SSSR count). The first-order chi connectivity index (χ1) is 5.83. The maximum absolute atomic E-state index is 11.2. The molecule has 2 aromatic heterocycles. The summed E-state index contributed by atoms with van der Waals surface area (Å²) in [6.45, 7) is 2.55. The second kappa shape index (κ2) is 2.48. The fourth-order valence-electron chi connectivity index (χ4n) is 1.25. The maximum Gasteiger partial charge on any atom is 0.0908 e. The van der Waals surface area contributed by atoms with Crippen LogP contribution in [0, 0.1) is 0 Å². The lowest BCUT2D eigenvalue weighted by atomic mass is 10.4. The van der Waals surface area contributed by atoms with Gasteiger partial charge in [0.05, 0.1) is 23.2 Å². The number of fused-ring (bicyclic) bond motifs is 1. The largest absolute Gasteiger partial charge is 0.846 e. The molecule has 0 spiro atoms. The van der Waals surface area contributed by atoms with E-state index >= 15 is 0 Å². The molecule has 0 aromatic carbocycles. The van der Waals surface area contributed by atoms with Gasteiger partial charge in [-0.1, -0.05) is 0 Å². The third-order valence-corrected chi connectivity index (χ3v) is 1.83. The van der Waals surface area contributed by atoms with Gasteiger partial charge in [-0.2, -0.15) is 0 Å². The van der Waals surface area contributed by atoms with Gasteiger partial charge in [0, 0.05) is 12.7 Å². The average molecular weight is 162 g/mol. The van der Waals surface area contributed by atoms with Crippen LogP contribution in [0.3, 0.4) is 0 Å². The Morgan fingerprint density at radius 1 is 1.58 bits per heavy atom. The Kier molecular flexibility index (Phi) is 1.46. The third kappa shape index (κ3) is 0.845. The SMILES string of the molecule is CCn1c([O-])nc2ccncc21. The van der Waals surface area contributed by atoms with Gasteiger partial charge < -0.3 is 9.67 Å². The molecular weight excluding hydrogens is 154 g/mol. The fourth-order valence-corrected chi connectivity index (χ4v) is 1.25. The summed E-state index contributed by atoms with van der Waals surface area (Å²) in [5, 5.41) is 11.2. The Labute approximate surface area is 69.5 Å². The van der Waals surface area contributed by atoms with Gasteiger partial charge >= 0.3 is 0 Å². The summed E-state index contributed by atoms with van der Waals surface area (Å²) in [4.78, 5) is 7.79. The lowest BCUT2D eigenvalue weighted by molar-refractivity contribution is -0.284. The summed E-state index contributed by atoms with van der Waals surface area (Å²) < 4.78 is 1.60. The molecule has 0 amide bonds. The van der Waals surface area contributed by atoms with Crippen LogP contribution in [-0.2, 0) is 6.54 Å². The number of hydrogen-bond acceptors (Lipinski definition) is 3. The third-order valence-electron chi connectivity index (χ3n) is 1.83. The summed E-state index contributed by atoms with van der Waals surface area (Å²) in [5.41, 5.74) is 1.53. The van der Waals surface area contributed by atoms with Crippen LogP contribution >= 0.6 is 0 Å². The van der Waals surface area contributed by atoms with Crippen molar-refractivity contribution in [2.75, 3.05) is 0 Å². The molecule has 2 heterocycles. The van der Waals surface area contributed by atoms with E-state index in [2.05, 4.69) is 9.97 Å². The zero-order valence-corrected chi connectivity index (χ0v) is 6.69. The van der Waals surface area contributed by atoms with Crippen LogP contribution in [0.4, 0.5) is 0 Å². The van der Waals surface area contributed by atoms with Gasteiger partial charge in [-0.15, -0.1) is 0 Å². The monoisotopic (exact) mass is 162 g/mol. The molecule has 12 heavy (non-hydrogen) atoms. The van der Waals surface area contributed by atoms with E-state index in [0.717, 1.165) is 11.0 Å². The molecule has 0 saturated heterocycles. The van der Waals surface area contributed by atoms with Crippen molar-refractivity contribution < 1.29 is 5.11 Å². The molecule has 4 nitrogen and oxygen atoms in total. The van der Waals surface area contributed by atoms with E-state index in [9.17, 15) is 5.11 Å². The molecule has 4 heteroatoms. The van der Waals surface area contributed by atoms with Crippen molar-refractivity contribution >= 4 is 11.0 Å². The summed E-state index contributed by atoms with van der Waals surface area (Å²) in [6.07, 6.45) is 3.29. The topological polar surface area (TPSA) is 53.8 Å². The Morgan fingerprint density at radius 2 is 2.42 bits per heavy atom. The highest BCUT2D eigenvalue weighted by molar-refractivity contribution is 5.75. The number of aryl methyl sites for hydroxylation is 1. The van der Waals surface area contributed by atoms with E-state index in [0.29, 0.717) is 6.54 Å². The molecular formula is C8H8N3O-. The predicted molar refractivity (Wildman–Crippen MR) is 42.6 cm³/mol. The van der Waals surface area contributed by atoms with Crippen LogP contribution in [0.2, 0.25) is 0 Å². The number of rotatable bonds is 1. The first-order valence-corrected chi connectivity index (χ1v) is 3.80. The van der Waals surface area contributed by atoms with Gasteiger partial charge in [0.15, 0.2) is 0 Å². The van der Waals surface area contributed by atoms with E-state index in [4.69, 9.17) is 0 Å². The molecule has 0 unspecified atom stereocenters. The molecule has 62 valence electrons. The standard InChI is InChI=1S/C8H9N3O/c1-2-11-7-5-9-4-3-6(7)10-8(11)12/h3-5H,2H2,1H3,(H,10,12)/p-1. The Bertz CT molecular complexity index is 408. The average Bonchev–Trinajstić information content (AvgIpc) is 2.40. The van der Waals surface area contributed by atoms with E-state index in [1.807, 2.05) is 6.92 Å². The highest BCUT2D eigenvalue weighted by Crippen LogP contribution is 2.16. The minimum absolute atomic E-state index is 0.194. The molecule has 0 fully saturated rings. The van der Waals surface area contributed by atoms with Gasteiger partial charge in [0.1, 0.15) is 0 Å². The van der Waals surface area contributed by atoms with Gasteiger partial charge in [-0.25, -0.2) is 4.98 Å². The number of aromatic nitrogens is 3. The minimum Gasteiger partial charge on any atom is -0.846 e. The quantitative estimate of drug-likeness (QED) is 0.614. The van der Waals surface area contributed by atoms with Crippen molar-refractivity contribution in [3.63, 3.8) is 0 Å². The Morgan fingerprint density at radius 3 is 3.17 bits per heavy atom. The normalized spacial score (nSPS) is 10.8. The van der Waals surface area contributed by atoms with Crippen molar-refractivity contribution in [1.29, 1.82) is 0 Å². The molecule has 0 aliphatic heterocycles. The molecule has 0 N–H and O–H groups in total. The fraction of sp³-hybridized carbons (Fsp3) is 0.250. The first kappa shape index (κ1) is 7.09. The Hall–Kier alpha value is -1.58. The van der Waals surface area contributed by atoms with Crippen molar-refractivity contribution in [2.24, 2.45) is 0 Å². The van der Waals surface area contributed by atoms with E-state index in [1.54, 1.807) is 23.0 Å². The van der Waals surface area contributed by atoms with Gasteiger partial charge in [0.2, 0.25) is 0 Å². The lowest BCUT2D eigenvalue weighted by Crippen LogP contribution is -2.02. The van der Waals surface area contributed by atoms with Crippen molar-refractivity contribution in [1.82, 2.24) is 14.5 Å². The van der Waals surface area contributed by atoms with Crippen LogP contribution in [0.5, 0.6) is 6.01 Å². The van der Waals surface area contributed by atoms with Gasteiger partial charge in [-0.05, 0) is 13.0 Å². The zero-order chi connectivity index (χ0) is 8.55. The minimum atomic E-state index is -0.194. The maximum atomic E-state index is 11.2. The van der Waals surface area contributed by atoms with E-state index < -0.39 is 0 Å². The molecule has 0 atom stereocenters. The van der Waals surface area contributed by atoms with Gasteiger partial charge in [0.25, 0.3) is 0 Å². The first-order valence-electron chi connectivity index (χ1n) is 3.80. The summed E-state index contributed by atoms with van der Waals surface area (Å²) in [5.74, 6) is 0. The van der Waals surface area contributed by atoms with Gasteiger partial charge in [-0.3, -0.25) is 4.98 Å². The van der Waals surface area contributed by atoms with E-state index in [1.165, 1.54) is 0 Å². The number of imidazole rings is 1. The summed E-state index contributed by atoms with van der Waals surface area (Å²) in [6, 6.07) is 1.55.